The van der Waals surface area contributed by atoms with Crippen LogP contribution in [0, 0.1) is 0 Å². The molecular formula is C40H23NO. The molecule has 10 rings (SSSR count). The van der Waals surface area contributed by atoms with E-state index in [1.807, 2.05) is 12.1 Å². The molecule has 7 aromatic carbocycles. The summed E-state index contributed by atoms with van der Waals surface area (Å²) in [5.74, 6) is 0. The number of furan rings is 1. The monoisotopic (exact) mass is 533 g/mol. The van der Waals surface area contributed by atoms with Gasteiger partial charge >= 0.3 is 0 Å². The first-order valence-electron chi connectivity index (χ1n) is 14.4. The van der Waals surface area contributed by atoms with Crippen LogP contribution in [0.4, 0.5) is 0 Å². The van der Waals surface area contributed by atoms with Crippen molar-refractivity contribution in [1.29, 1.82) is 0 Å². The Morgan fingerprint density at radius 2 is 1.00 bits per heavy atom. The Labute approximate surface area is 241 Å². The van der Waals surface area contributed by atoms with Crippen molar-refractivity contribution in [2.24, 2.45) is 0 Å². The molecule has 0 spiro atoms. The van der Waals surface area contributed by atoms with Gasteiger partial charge in [0.2, 0.25) is 0 Å². The zero-order valence-corrected chi connectivity index (χ0v) is 22.6. The van der Waals surface area contributed by atoms with Gasteiger partial charge in [0.25, 0.3) is 0 Å². The van der Waals surface area contributed by atoms with Crippen LogP contribution < -0.4 is 0 Å². The van der Waals surface area contributed by atoms with Crippen LogP contribution >= 0.6 is 0 Å². The van der Waals surface area contributed by atoms with Crippen LogP contribution in [0.3, 0.4) is 0 Å². The van der Waals surface area contributed by atoms with E-state index in [4.69, 9.17) is 4.42 Å². The average Bonchev–Trinajstić information content (AvgIpc) is 3.70. The summed E-state index contributed by atoms with van der Waals surface area (Å²) in [5.41, 5.74) is 13.2. The van der Waals surface area contributed by atoms with Gasteiger partial charge in [0.15, 0.2) is 0 Å². The van der Waals surface area contributed by atoms with Crippen LogP contribution in [0.25, 0.3) is 93.6 Å². The molecule has 1 aliphatic carbocycles. The molecule has 0 saturated carbocycles. The molecule has 0 unspecified atom stereocenters. The first kappa shape index (κ1) is 22.1. The standard InChI is InChI=1S/C40H23NO/c1-2-9-27-26(8-1)30-12-7-13-32-36(20-18-31(27)40(30)32)41-35-14-5-3-10-28(35)33-22-24(16-19-37(33)41)25-17-21-39-34(23-25)29-11-4-6-15-38(29)42-39/h1-23H. The molecule has 0 bridgehead atoms. The molecule has 0 atom stereocenters. The molecule has 2 nitrogen and oxygen atoms in total. The van der Waals surface area contributed by atoms with Crippen LogP contribution in [0.5, 0.6) is 0 Å². The Balaban J connectivity index is 1.22. The Hall–Kier alpha value is -5.60. The number of hydrogen-bond donors (Lipinski definition) is 0. The summed E-state index contributed by atoms with van der Waals surface area (Å²) >= 11 is 0. The molecule has 0 amide bonds. The van der Waals surface area contributed by atoms with Crippen molar-refractivity contribution in [3.63, 3.8) is 0 Å². The predicted octanol–water partition coefficient (Wildman–Crippen LogP) is 11.2. The molecule has 0 aliphatic heterocycles. The Morgan fingerprint density at radius 1 is 0.381 bits per heavy atom. The van der Waals surface area contributed by atoms with Crippen molar-refractivity contribution < 1.29 is 4.42 Å². The molecule has 2 aromatic heterocycles. The van der Waals surface area contributed by atoms with Gasteiger partial charge in [-0.2, -0.15) is 0 Å². The van der Waals surface area contributed by atoms with E-state index >= 15 is 0 Å². The third kappa shape index (κ3) is 2.83. The van der Waals surface area contributed by atoms with Gasteiger partial charge in [0, 0.05) is 26.9 Å². The Bertz CT molecular complexity index is 2550. The summed E-state index contributed by atoms with van der Waals surface area (Å²) in [6.07, 6.45) is 0. The van der Waals surface area contributed by atoms with E-state index in [1.165, 1.54) is 71.6 Å². The van der Waals surface area contributed by atoms with Gasteiger partial charge in [-0.05, 0) is 81.2 Å². The van der Waals surface area contributed by atoms with Crippen molar-refractivity contribution in [3.8, 4) is 39.1 Å². The lowest BCUT2D eigenvalue weighted by molar-refractivity contribution is 0.669. The van der Waals surface area contributed by atoms with Gasteiger partial charge in [-0.25, -0.2) is 0 Å². The Morgan fingerprint density at radius 3 is 1.88 bits per heavy atom. The highest BCUT2D eigenvalue weighted by Gasteiger charge is 2.23. The van der Waals surface area contributed by atoms with Gasteiger partial charge in [-0.15, -0.1) is 0 Å². The summed E-state index contributed by atoms with van der Waals surface area (Å²) in [6, 6.07) is 50.6. The molecule has 1 aliphatic rings. The maximum atomic E-state index is 6.10. The second-order valence-electron chi connectivity index (χ2n) is 11.3. The second-order valence-corrected chi connectivity index (χ2v) is 11.3. The molecule has 0 radical (unpaired) electrons. The molecule has 0 fully saturated rings. The zero-order chi connectivity index (χ0) is 27.4. The normalized spacial score (nSPS) is 12.3. The van der Waals surface area contributed by atoms with E-state index in [2.05, 4.69) is 132 Å². The minimum Gasteiger partial charge on any atom is -0.456 e. The van der Waals surface area contributed by atoms with Gasteiger partial charge in [0.1, 0.15) is 11.2 Å². The van der Waals surface area contributed by atoms with Crippen molar-refractivity contribution in [2.75, 3.05) is 0 Å². The fourth-order valence-corrected chi connectivity index (χ4v) is 7.31. The zero-order valence-electron chi connectivity index (χ0n) is 22.6. The lowest BCUT2D eigenvalue weighted by Gasteiger charge is -2.13. The van der Waals surface area contributed by atoms with Gasteiger partial charge in [-0.1, -0.05) is 97.1 Å². The average molecular weight is 534 g/mol. The van der Waals surface area contributed by atoms with Crippen molar-refractivity contribution in [2.45, 2.75) is 0 Å². The third-order valence-corrected chi connectivity index (χ3v) is 9.15. The highest BCUT2D eigenvalue weighted by molar-refractivity contribution is 6.19. The third-order valence-electron chi connectivity index (χ3n) is 9.15. The highest BCUT2D eigenvalue weighted by atomic mass is 16.3. The number of hydrogen-bond acceptors (Lipinski definition) is 1. The molecule has 2 heterocycles. The predicted molar refractivity (Wildman–Crippen MR) is 175 cm³/mol. The highest BCUT2D eigenvalue weighted by Crippen LogP contribution is 2.49. The van der Waals surface area contributed by atoms with Crippen LogP contribution in [-0.4, -0.2) is 4.57 Å². The maximum absolute atomic E-state index is 6.10. The largest absolute Gasteiger partial charge is 0.456 e. The fourth-order valence-electron chi connectivity index (χ4n) is 7.31. The van der Waals surface area contributed by atoms with Gasteiger partial charge < -0.3 is 8.98 Å². The first-order chi connectivity index (χ1) is 20.8. The van der Waals surface area contributed by atoms with E-state index < -0.39 is 0 Å². The van der Waals surface area contributed by atoms with Gasteiger partial charge in [-0.3, -0.25) is 0 Å². The molecule has 0 saturated heterocycles. The summed E-state index contributed by atoms with van der Waals surface area (Å²) in [5, 5.41) is 7.45. The number of aromatic nitrogens is 1. The molecule has 42 heavy (non-hydrogen) atoms. The maximum Gasteiger partial charge on any atom is 0.135 e. The van der Waals surface area contributed by atoms with Gasteiger partial charge in [0.05, 0.1) is 16.7 Å². The number of benzene rings is 7. The lowest BCUT2D eigenvalue weighted by Crippen LogP contribution is -1.95. The summed E-state index contributed by atoms with van der Waals surface area (Å²) < 4.78 is 8.55. The summed E-state index contributed by atoms with van der Waals surface area (Å²) in [6.45, 7) is 0. The smallest absolute Gasteiger partial charge is 0.135 e. The number of fused-ring (bicyclic) bond motifs is 9. The van der Waals surface area contributed by atoms with Crippen LogP contribution in [0.15, 0.2) is 144 Å². The van der Waals surface area contributed by atoms with E-state index in [0.717, 1.165) is 21.9 Å². The topological polar surface area (TPSA) is 18.1 Å². The van der Waals surface area contributed by atoms with Crippen molar-refractivity contribution in [3.05, 3.63) is 140 Å². The minimum atomic E-state index is 0.923. The van der Waals surface area contributed by atoms with E-state index in [0.29, 0.717) is 0 Å². The summed E-state index contributed by atoms with van der Waals surface area (Å²) in [4.78, 5) is 0. The lowest BCUT2D eigenvalue weighted by atomic mass is 10.0. The minimum absolute atomic E-state index is 0.923. The summed E-state index contributed by atoms with van der Waals surface area (Å²) in [7, 11) is 0. The molecule has 194 valence electrons. The molecular weight excluding hydrogens is 510 g/mol. The van der Waals surface area contributed by atoms with Crippen LogP contribution in [-0.2, 0) is 0 Å². The van der Waals surface area contributed by atoms with Crippen LogP contribution in [0.2, 0.25) is 0 Å². The fraction of sp³-hybridized carbons (Fsp3) is 0. The molecule has 2 heteroatoms. The van der Waals surface area contributed by atoms with E-state index in [1.54, 1.807) is 0 Å². The van der Waals surface area contributed by atoms with E-state index in [9.17, 15) is 0 Å². The molecule has 0 N–H and O–H groups in total. The second kappa shape index (κ2) is 7.99. The Kier molecular flexibility index (Phi) is 4.21. The molecule has 9 aromatic rings. The van der Waals surface area contributed by atoms with Crippen molar-refractivity contribution >= 4 is 54.5 Å². The number of nitrogens with zero attached hydrogens (tertiary/aromatic N) is 1. The van der Waals surface area contributed by atoms with Crippen LogP contribution in [0.1, 0.15) is 0 Å². The van der Waals surface area contributed by atoms with Crippen molar-refractivity contribution in [1.82, 2.24) is 4.57 Å². The van der Waals surface area contributed by atoms with E-state index in [-0.39, 0.29) is 0 Å². The SMILES string of the molecule is c1ccc2c(c1)-c1cccc3c(-n4c5ccccc5c5cc(-c6ccc7oc8ccccc8c7c6)ccc54)ccc-2c13. The number of rotatable bonds is 2. The number of para-hydroxylation sites is 2. The quantitative estimate of drug-likeness (QED) is 0.216. The first-order valence-corrected chi connectivity index (χ1v) is 14.4.